The lowest BCUT2D eigenvalue weighted by Crippen LogP contribution is -2.41. The fourth-order valence-corrected chi connectivity index (χ4v) is 6.14. The molecule has 5 nitrogen and oxygen atoms in total. The molecule has 7 rings (SSSR count). The first-order valence-corrected chi connectivity index (χ1v) is 11.4. The molecule has 1 fully saturated rings. The number of rotatable bonds is 3. The van der Waals surface area contributed by atoms with Gasteiger partial charge in [-0.25, -0.2) is 9.69 Å². The van der Waals surface area contributed by atoms with Gasteiger partial charge in [-0.05, 0) is 47.4 Å². The van der Waals surface area contributed by atoms with E-state index in [1.54, 1.807) is 13.0 Å². The maximum atomic E-state index is 13.8. The molecule has 33 heavy (non-hydrogen) atoms. The molecule has 0 aromatic heterocycles. The summed E-state index contributed by atoms with van der Waals surface area (Å²) < 4.78 is 5.09. The van der Waals surface area contributed by atoms with Crippen molar-refractivity contribution in [2.45, 2.75) is 18.8 Å². The zero-order valence-corrected chi connectivity index (χ0v) is 18.6. The van der Waals surface area contributed by atoms with Crippen molar-refractivity contribution in [3.05, 3.63) is 99.6 Å². The van der Waals surface area contributed by atoms with Crippen LogP contribution in [0, 0.1) is 11.8 Å². The van der Waals surface area contributed by atoms with E-state index in [2.05, 4.69) is 24.3 Å². The van der Waals surface area contributed by atoms with Gasteiger partial charge in [-0.2, -0.15) is 0 Å². The molecule has 1 aliphatic heterocycles. The van der Waals surface area contributed by atoms with Gasteiger partial charge in [-0.1, -0.05) is 60.1 Å². The smallest absolute Gasteiger partial charge is 0.339 e. The molecule has 0 radical (unpaired) electrons. The third kappa shape index (κ3) is 2.69. The second-order valence-corrected chi connectivity index (χ2v) is 9.07. The van der Waals surface area contributed by atoms with Crippen LogP contribution in [0.2, 0.25) is 5.02 Å². The predicted molar refractivity (Wildman–Crippen MR) is 123 cm³/mol. The number of halogens is 1. The third-order valence-corrected chi connectivity index (χ3v) is 7.48. The summed E-state index contributed by atoms with van der Waals surface area (Å²) in [5, 5.41) is 0.216. The minimum absolute atomic E-state index is 0.140. The van der Waals surface area contributed by atoms with Crippen LogP contribution in [0.25, 0.3) is 0 Å². The van der Waals surface area contributed by atoms with Crippen LogP contribution < -0.4 is 4.90 Å². The molecule has 6 heteroatoms. The minimum Gasteiger partial charge on any atom is -0.462 e. The molecule has 164 valence electrons. The molecule has 4 aliphatic rings. The summed E-state index contributed by atoms with van der Waals surface area (Å²) in [5.74, 6) is -2.36. The number of carbonyl (C=O) groups excluding carboxylic acids is 3. The molecular weight excluding hydrogens is 438 g/mol. The molecule has 0 spiro atoms. The van der Waals surface area contributed by atoms with Crippen molar-refractivity contribution in [2.75, 3.05) is 11.5 Å². The van der Waals surface area contributed by atoms with Crippen molar-refractivity contribution in [2.24, 2.45) is 11.8 Å². The molecule has 2 amide bonds. The zero-order valence-electron chi connectivity index (χ0n) is 17.8. The van der Waals surface area contributed by atoms with Crippen LogP contribution in [0.5, 0.6) is 0 Å². The monoisotopic (exact) mass is 457 g/mol. The summed E-state index contributed by atoms with van der Waals surface area (Å²) in [6, 6.07) is 20.9. The number of imide groups is 1. The van der Waals surface area contributed by atoms with Gasteiger partial charge in [0.2, 0.25) is 11.8 Å². The summed E-state index contributed by atoms with van der Waals surface area (Å²) in [6.45, 7) is 1.91. The number of carbonyl (C=O) groups is 3. The van der Waals surface area contributed by atoms with Gasteiger partial charge >= 0.3 is 5.97 Å². The van der Waals surface area contributed by atoms with Crippen molar-refractivity contribution < 1.29 is 19.1 Å². The highest BCUT2D eigenvalue weighted by atomic mass is 35.5. The largest absolute Gasteiger partial charge is 0.462 e. The van der Waals surface area contributed by atoms with Gasteiger partial charge in [0.15, 0.2) is 0 Å². The van der Waals surface area contributed by atoms with Crippen LogP contribution in [0.1, 0.15) is 51.4 Å². The van der Waals surface area contributed by atoms with Gasteiger partial charge in [0.1, 0.15) is 0 Å². The molecule has 3 aliphatic carbocycles. The van der Waals surface area contributed by atoms with E-state index in [0.29, 0.717) is 5.69 Å². The number of hydrogen-bond donors (Lipinski definition) is 0. The Morgan fingerprint density at radius 1 is 0.848 bits per heavy atom. The van der Waals surface area contributed by atoms with Crippen LogP contribution in [-0.4, -0.2) is 24.4 Å². The predicted octanol–water partition coefficient (Wildman–Crippen LogP) is 4.91. The number of amides is 2. The summed E-state index contributed by atoms with van der Waals surface area (Å²) >= 11 is 6.22. The lowest BCUT2D eigenvalue weighted by molar-refractivity contribution is -0.122. The highest BCUT2D eigenvalue weighted by Crippen LogP contribution is 2.61. The van der Waals surface area contributed by atoms with E-state index in [1.165, 1.54) is 17.0 Å². The first kappa shape index (κ1) is 20.2. The summed E-state index contributed by atoms with van der Waals surface area (Å²) in [7, 11) is 0. The van der Waals surface area contributed by atoms with E-state index in [1.807, 2.05) is 24.3 Å². The van der Waals surface area contributed by atoms with Crippen LogP contribution in [-0.2, 0) is 14.3 Å². The average molecular weight is 458 g/mol. The highest BCUT2D eigenvalue weighted by molar-refractivity contribution is 6.34. The van der Waals surface area contributed by atoms with E-state index >= 15 is 0 Å². The molecule has 1 heterocycles. The van der Waals surface area contributed by atoms with E-state index < -0.39 is 17.8 Å². The first-order chi connectivity index (χ1) is 16.0. The number of benzene rings is 3. The Morgan fingerprint density at radius 2 is 1.33 bits per heavy atom. The molecule has 1 saturated heterocycles. The van der Waals surface area contributed by atoms with Gasteiger partial charge in [-0.3, -0.25) is 9.59 Å². The SMILES string of the molecule is CCOC(=O)c1cc(N2C(=O)[C@@H]3C4c5ccccc5C(c5ccccc54)[C@H]3C2=O)ccc1Cl. The van der Waals surface area contributed by atoms with Gasteiger partial charge in [0.05, 0.1) is 34.7 Å². The van der Waals surface area contributed by atoms with Crippen molar-refractivity contribution in [1.82, 2.24) is 0 Å². The van der Waals surface area contributed by atoms with Crippen LogP contribution in [0.4, 0.5) is 5.69 Å². The Hall–Kier alpha value is -3.44. The number of ether oxygens (including phenoxy) is 1. The average Bonchev–Trinajstić information content (AvgIpc) is 3.10. The lowest BCUT2D eigenvalue weighted by atomic mass is 9.55. The lowest BCUT2D eigenvalue weighted by Gasteiger charge is -2.45. The molecule has 0 N–H and O–H groups in total. The summed E-state index contributed by atoms with van der Waals surface area (Å²) in [6.07, 6.45) is 0. The fraction of sp³-hybridized carbons (Fsp3) is 0.222. The van der Waals surface area contributed by atoms with E-state index in [0.717, 1.165) is 22.3 Å². The van der Waals surface area contributed by atoms with Crippen molar-refractivity contribution in [3.63, 3.8) is 0 Å². The van der Waals surface area contributed by atoms with Crippen molar-refractivity contribution in [3.8, 4) is 0 Å². The van der Waals surface area contributed by atoms with Gasteiger partial charge in [-0.15, -0.1) is 0 Å². The zero-order chi connectivity index (χ0) is 22.9. The molecule has 3 aromatic rings. The van der Waals surface area contributed by atoms with E-state index in [9.17, 15) is 14.4 Å². The van der Waals surface area contributed by atoms with Crippen LogP contribution in [0.15, 0.2) is 66.7 Å². The normalized spacial score (nSPS) is 24.4. The molecule has 0 unspecified atom stereocenters. The van der Waals surface area contributed by atoms with Gasteiger partial charge < -0.3 is 4.74 Å². The summed E-state index contributed by atoms with van der Waals surface area (Å²) in [4.78, 5) is 41.2. The molecule has 3 aromatic carbocycles. The summed E-state index contributed by atoms with van der Waals surface area (Å²) in [5.41, 5.74) is 4.96. The molecule has 0 saturated carbocycles. The molecule has 2 bridgehead atoms. The second kappa shape index (κ2) is 7.29. The topological polar surface area (TPSA) is 63.7 Å². The Kier molecular flexibility index (Phi) is 4.46. The number of esters is 1. The Labute approximate surface area is 195 Å². The fourth-order valence-electron chi connectivity index (χ4n) is 5.95. The van der Waals surface area contributed by atoms with Gasteiger partial charge in [0.25, 0.3) is 0 Å². The number of nitrogens with zero attached hydrogens (tertiary/aromatic N) is 1. The van der Waals surface area contributed by atoms with E-state index in [4.69, 9.17) is 16.3 Å². The van der Waals surface area contributed by atoms with Crippen LogP contribution >= 0.6 is 11.6 Å². The molecular formula is C27H20ClNO4. The maximum Gasteiger partial charge on any atom is 0.339 e. The quantitative estimate of drug-likeness (QED) is 0.414. The van der Waals surface area contributed by atoms with Gasteiger partial charge in [0, 0.05) is 11.8 Å². The molecule has 2 atom stereocenters. The van der Waals surface area contributed by atoms with Crippen molar-refractivity contribution >= 4 is 35.1 Å². The highest BCUT2D eigenvalue weighted by Gasteiger charge is 2.61. The first-order valence-electron chi connectivity index (χ1n) is 11.0. The maximum absolute atomic E-state index is 13.8. The third-order valence-electron chi connectivity index (χ3n) is 7.15. The van der Waals surface area contributed by atoms with E-state index in [-0.39, 0.29) is 40.8 Å². The Morgan fingerprint density at radius 3 is 1.79 bits per heavy atom. The number of hydrogen-bond acceptors (Lipinski definition) is 4. The number of anilines is 1. The Bertz CT molecular complexity index is 1230. The minimum atomic E-state index is -0.583. The standard InChI is InChI=1S/C27H20ClNO4/c1-2-33-27(32)19-13-14(11-12-20(19)28)29-25(30)23-21-15-7-3-4-8-16(15)22(24(23)26(29)31)18-10-6-5-9-17(18)21/h3-13,21-24H,2H2,1H3/t21?,22?,23-,24-/m1/s1. The Balaban J connectivity index is 1.49. The second-order valence-electron chi connectivity index (χ2n) is 8.66. The van der Waals surface area contributed by atoms with Crippen molar-refractivity contribution in [1.29, 1.82) is 0 Å². The van der Waals surface area contributed by atoms with Crippen LogP contribution in [0.3, 0.4) is 0 Å².